The number of hydrogen-bond donors (Lipinski definition) is 2. The van der Waals surface area contributed by atoms with Crippen LogP contribution in [0.15, 0.2) is 47.5 Å². The Balaban J connectivity index is 1.71. The van der Waals surface area contributed by atoms with Crippen LogP contribution >= 0.6 is 11.6 Å². The van der Waals surface area contributed by atoms with Crippen molar-refractivity contribution in [3.63, 3.8) is 0 Å². The summed E-state index contributed by atoms with van der Waals surface area (Å²) in [4.78, 5) is 18.1. The van der Waals surface area contributed by atoms with E-state index >= 15 is 4.39 Å². The first-order valence-electron chi connectivity index (χ1n) is 10.7. The van der Waals surface area contributed by atoms with Crippen LogP contribution in [0.2, 0.25) is 5.02 Å². The molecule has 0 aliphatic carbocycles. The Morgan fingerprint density at radius 3 is 2.56 bits per heavy atom. The summed E-state index contributed by atoms with van der Waals surface area (Å²) in [6, 6.07) is 10.8. The van der Waals surface area contributed by atoms with E-state index in [0.717, 1.165) is 0 Å². The van der Waals surface area contributed by atoms with Crippen molar-refractivity contribution in [3.8, 4) is 11.1 Å². The number of aliphatic imine (C=N–C) groups is 1. The fraction of sp³-hybridized carbons (Fsp3) is 0.231. The van der Waals surface area contributed by atoms with Gasteiger partial charge < -0.3 is 15.7 Å². The van der Waals surface area contributed by atoms with E-state index < -0.39 is 23.1 Å². The molecule has 3 aromatic rings. The van der Waals surface area contributed by atoms with Crippen molar-refractivity contribution < 1.29 is 18.7 Å². The van der Waals surface area contributed by atoms with Gasteiger partial charge in [-0.05, 0) is 48.7 Å². The third-order valence-corrected chi connectivity index (χ3v) is 6.30. The molecule has 0 fully saturated rings. The van der Waals surface area contributed by atoms with Gasteiger partial charge in [0.15, 0.2) is 0 Å². The number of benzene rings is 3. The standard InChI is InChI=1S/C26H24ClF2N3O2/c1-26(2,34)19-8-7-16(17(11-31-3)24(19)30)15-9-20(27)18(22(29)10-15)13-32-12-14-5-4-6-21(28)23(14)25(32)33/h4-11,34H,12-13,30H2,1-3H3. The van der Waals surface area contributed by atoms with E-state index in [1.54, 1.807) is 57.4 Å². The van der Waals surface area contributed by atoms with Gasteiger partial charge in [-0.3, -0.25) is 9.79 Å². The Kier molecular flexibility index (Phi) is 6.18. The smallest absolute Gasteiger partial charge is 0.257 e. The van der Waals surface area contributed by atoms with Gasteiger partial charge in [0.2, 0.25) is 0 Å². The minimum Gasteiger partial charge on any atom is -0.398 e. The van der Waals surface area contributed by atoms with E-state index in [-0.39, 0.29) is 29.2 Å². The first-order chi connectivity index (χ1) is 16.0. The zero-order chi connectivity index (χ0) is 24.8. The fourth-order valence-corrected chi connectivity index (χ4v) is 4.56. The third-order valence-electron chi connectivity index (χ3n) is 5.97. The van der Waals surface area contributed by atoms with Crippen LogP contribution < -0.4 is 5.73 Å². The Morgan fingerprint density at radius 1 is 1.21 bits per heavy atom. The molecule has 4 rings (SSSR count). The van der Waals surface area contributed by atoms with E-state index in [1.165, 1.54) is 17.0 Å². The Bertz CT molecular complexity index is 1310. The van der Waals surface area contributed by atoms with Crippen molar-refractivity contribution in [2.24, 2.45) is 4.99 Å². The van der Waals surface area contributed by atoms with Crippen LogP contribution in [0.1, 0.15) is 46.5 Å². The van der Waals surface area contributed by atoms with Crippen molar-refractivity contribution in [2.45, 2.75) is 32.5 Å². The zero-order valence-electron chi connectivity index (χ0n) is 19.0. The molecule has 0 saturated heterocycles. The molecule has 0 unspecified atom stereocenters. The van der Waals surface area contributed by atoms with E-state index in [9.17, 15) is 14.3 Å². The average molecular weight is 484 g/mol. The van der Waals surface area contributed by atoms with Gasteiger partial charge in [-0.25, -0.2) is 8.78 Å². The minimum absolute atomic E-state index is 0.0153. The number of nitrogens with two attached hydrogens (primary N) is 1. The zero-order valence-corrected chi connectivity index (χ0v) is 19.8. The van der Waals surface area contributed by atoms with Crippen LogP contribution in [0.25, 0.3) is 11.1 Å². The molecule has 0 spiro atoms. The van der Waals surface area contributed by atoms with Crippen molar-refractivity contribution in [1.29, 1.82) is 0 Å². The molecule has 34 heavy (non-hydrogen) atoms. The van der Waals surface area contributed by atoms with E-state index in [2.05, 4.69) is 4.99 Å². The lowest BCUT2D eigenvalue weighted by Gasteiger charge is -2.23. The third kappa shape index (κ3) is 4.17. The number of carbonyl (C=O) groups excluding carboxylic acids is 1. The van der Waals surface area contributed by atoms with E-state index in [4.69, 9.17) is 17.3 Å². The number of nitrogens with zero attached hydrogens (tertiary/aromatic N) is 2. The average Bonchev–Trinajstić information content (AvgIpc) is 3.07. The maximum atomic E-state index is 15.3. The SMILES string of the molecule is CN=Cc1c(-c2cc(F)c(CN3Cc4cccc(F)c4C3=O)c(Cl)c2)ccc(C(C)(C)O)c1N. The van der Waals surface area contributed by atoms with Crippen LogP contribution in [0.5, 0.6) is 0 Å². The summed E-state index contributed by atoms with van der Waals surface area (Å²) in [5.74, 6) is -1.69. The van der Waals surface area contributed by atoms with Gasteiger partial charge in [0.1, 0.15) is 11.6 Å². The van der Waals surface area contributed by atoms with Crippen molar-refractivity contribution in [1.82, 2.24) is 4.90 Å². The van der Waals surface area contributed by atoms with Gasteiger partial charge >= 0.3 is 0 Å². The molecule has 1 heterocycles. The molecule has 0 bridgehead atoms. The summed E-state index contributed by atoms with van der Waals surface area (Å²) in [6.07, 6.45) is 1.55. The molecule has 5 nitrogen and oxygen atoms in total. The summed E-state index contributed by atoms with van der Waals surface area (Å²) in [6.45, 7) is 3.33. The summed E-state index contributed by atoms with van der Waals surface area (Å²) in [5, 5.41) is 10.6. The van der Waals surface area contributed by atoms with Crippen molar-refractivity contribution >= 4 is 29.4 Å². The van der Waals surface area contributed by atoms with E-state index in [1.807, 2.05) is 0 Å². The van der Waals surface area contributed by atoms with Gasteiger partial charge in [-0.15, -0.1) is 0 Å². The predicted octanol–water partition coefficient (Wildman–Crippen LogP) is 5.30. The van der Waals surface area contributed by atoms with Crippen molar-refractivity contribution in [3.05, 3.63) is 86.9 Å². The van der Waals surface area contributed by atoms with Gasteiger partial charge in [-0.2, -0.15) is 0 Å². The molecule has 1 amide bonds. The van der Waals surface area contributed by atoms with Gasteiger partial charge in [-0.1, -0.05) is 35.9 Å². The maximum Gasteiger partial charge on any atom is 0.257 e. The monoisotopic (exact) mass is 483 g/mol. The molecule has 0 saturated carbocycles. The quantitative estimate of drug-likeness (QED) is 0.382. The predicted molar refractivity (Wildman–Crippen MR) is 130 cm³/mol. The number of carbonyl (C=O) groups is 1. The highest BCUT2D eigenvalue weighted by Crippen LogP contribution is 2.37. The van der Waals surface area contributed by atoms with Gasteiger partial charge in [0.05, 0.1) is 17.7 Å². The highest BCUT2D eigenvalue weighted by molar-refractivity contribution is 6.31. The molecule has 1 aliphatic heterocycles. The summed E-state index contributed by atoms with van der Waals surface area (Å²) >= 11 is 6.47. The fourth-order valence-electron chi connectivity index (χ4n) is 4.29. The molecule has 3 N–H and O–H groups in total. The minimum atomic E-state index is -1.18. The molecular formula is C26H24ClF2N3O2. The number of anilines is 1. The van der Waals surface area contributed by atoms with Crippen LogP contribution in [-0.2, 0) is 18.7 Å². The normalized spacial score (nSPS) is 13.7. The first kappa shape index (κ1) is 23.9. The number of fused-ring (bicyclic) bond motifs is 1. The van der Waals surface area contributed by atoms with Crippen LogP contribution in [0, 0.1) is 11.6 Å². The molecule has 0 radical (unpaired) electrons. The van der Waals surface area contributed by atoms with Gasteiger partial charge in [0, 0.05) is 47.2 Å². The molecule has 8 heteroatoms. The summed E-state index contributed by atoms with van der Waals surface area (Å²) in [7, 11) is 1.59. The number of amides is 1. The number of halogens is 3. The second-order valence-electron chi connectivity index (χ2n) is 8.79. The lowest BCUT2D eigenvalue weighted by atomic mass is 9.89. The molecule has 1 aliphatic rings. The molecule has 3 aromatic carbocycles. The number of hydrogen-bond acceptors (Lipinski definition) is 4. The van der Waals surface area contributed by atoms with Gasteiger partial charge in [0.25, 0.3) is 5.91 Å². The molecule has 176 valence electrons. The highest BCUT2D eigenvalue weighted by atomic mass is 35.5. The number of nitrogen functional groups attached to an aromatic ring is 1. The molecular weight excluding hydrogens is 460 g/mol. The second-order valence-corrected chi connectivity index (χ2v) is 9.20. The summed E-state index contributed by atoms with van der Waals surface area (Å²) in [5.41, 5.74) is 8.31. The number of rotatable bonds is 5. The van der Waals surface area contributed by atoms with Crippen molar-refractivity contribution in [2.75, 3.05) is 12.8 Å². The first-order valence-corrected chi connectivity index (χ1v) is 11.0. The van der Waals surface area contributed by atoms with Crippen LogP contribution in [0.4, 0.5) is 14.5 Å². The number of aliphatic hydroxyl groups is 1. The Morgan fingerprint density at radius 2 is 1.94 bits per heavy atom. The molecule has 0 atom stereocenters. The lowest BCUT2D eigenvalue weighted by Crippen LogP contribution is -2.24. The highest BCUT2D eigenvalue weighted by Gasteiger charge is 2.31. The second kappa shape index (κ2) is 8.81. The topological polar surface area (TPSA) is 78.9 Å². The summed E-state index contributed by atoms with van der Waals surface area (Å²) < 4.78 is 29.4. The lowest BCUT2D eigenvalue weighted by molar-refractivity contribution is 0.0760. The molecule has 0 aromatic heterocycles. The van der Waals surface area contributed by atoms with E-state index in [0.29, 0.717) is 33.5 Å². The largest absolute Gasteiger partial charge is 0.398 e. The van der Waals surface area contributed by atoms with Crippen LogP contribution in [0.3, 0.4) is 0 Å². The van der Waals surface area contributed by atoms with Crippen LogP contribution in [-0.4, -0.2) is 29.2 Å². The Hall–Kier alpha value is -3.29. The maximum absolute atomic E-state index is 15.3. The Labute approximate surface area is 201 Å².